The molecular formula is C36H38N2O7. The molecule has 0 bridgehead atoms. The Balaban J connectivity index is 1.38. The molecule has 0 spiro atoms. The average molecular weight is 611 g/mol. The third kappa shape index (κ3) is 6.21. The Morgan fingerprint density at radius 3 is 2.24 bits per heavy atom. The van der Waals surface area contributed by atoms with E-state index in [4.69, 9.17) is 28.4 Å². The van der Waals surface area contributed by atoms with E-state index in [2.05, 4.69) is 22.3 Å². The van der Waals surface area contributed by atoms with Crippen LogP contribution in [-0.4, -0.2) is 52.6 Å². The number of rotatable bonds is 11. The summed E-state index contributed by atoms with van der Waals surface area (Å²) >= 11 is 0. The molecule has 0 radical (unpaired) electrons. The summed E-state index contributed by atoms with van der Waals surface area (Å²) in [6.07, 6.45) is 1.37. The van der Waals surface area contributed by atoms with E-state index in [-0.39, 0.29) is 18.7 Å². The van der Waals surface area contributed by atoms with E-state index in [0.717, 1.165) is 28.7 Å². The van der Waals surface area contributed by atoms with Crippen LogP contribution in [0.2, 0.25) is 0 Å². The fourth-order valence-electron chi connectivity index (χ4n) is 6.28. The third-order valence-corrected chi connectivity index (χ3v) is 8.52. The van der Waals surface area contributed by atoms with Crippen LogP contribution in [0.3, 0.4) is 0 Å². The number of methoxy groups -OCH3 is 4. The highest BCUT2D eigenvalue weighted by atomic mass is 16.7. The quantitative estimate of drug-likeness (QED) is 0.233. The summed E-state index contributed by atoms with van der Waals surface area (Å²) in [6, 6.07) is 25.1. The van der Waals surface area contributed by atoms with Gasteiger partial charge in [0.1, 0.15) is 6.04 Å². The van der Waals surface area contributed by atoms with Crippen LogP contribution in [0.25, 0.3) is 0 Å². The molecule has 0 aromatic heterocycles. The summed E-state index contributed by atoms with van der Waals surface area (Å²) in [6.45, 7) is 1.22. The lowest BCUT2D eigenvalue weighted by molar-refractivity contribution is -0.128. The fourth-order valence-corrected chi connectivity index (χ4v) is 6.28. The molecule has 9 nitrogen and oxygen atoms in total. The second-order valence-electron chi connectivity index (χ2n) is 11.0. The number of hydrogen-bond acceptors (Lipinski definition) is 8. The van der Waals surface area contributed by atoms with Crippen LogP contribution in [0.1, 0.15) is 39.9 Å². The molecule has 2 aliphatic heterocycles. The number of nitrogens with zero attached hydrogens (tertiary/aromatic N) is 1. The normalized spacial score (nSPS) is 16.0. The van der Waals surface area contributed by atoms with Crippen molar-refractivity contribution >= 4 is 5.91 Å². The van der Waals surface area contributed by atoms with Crippen LogP contribution in [0, 0.1) is 0 Å². The Bertz CT molecular complexity index is 1660. The van der Waals surface area contributed by atoms with Crippen molar-refractivity contribution in [3.05, 3.63) is 107 Å². The number of fused-ring (bicyclic) bond motifs is 2. The maximum absolute atomic E-state index is 14.3. The van der Waals surface area contributed by atoms with Crippen molar-refractivity contribution in [1.29, 1.82) is 0 Å². The van der Waals surface area contributed by atoms with Gasteiger partial charge in [0.15, 0.2) is 34.5 Å². The zero-order valence-electron chi connectivity index (χ0n) is 26.0. The summed E-state index contributed by atoms with van der Waals surface area (Å²) < 4.78 is 33.5. The van der Waals surface area contributed by atoms with Crippen LogP contribution < -0.4 is 33.7 Å². The van der Waals surface area contributed by atoms with Crippen LogP contribution in [-0.2, 0) is 24.2 Å². The van der Waals surface area contributed by atoms with E-state index in [1.807, 2.05) is 66.7 Å². The van der Waals surface area contributed by atoms with Crippen molar-refractivity contribution in [3.8, 4) is 34.5 Å². The number of carbonyl (C=O) groups is 1. The molecule has 4 aromatic carbocycles. The number of amides is 1. The van der Waals surface area contributed by atoms with Gasteiger partial charge < -0.3 is 33.7 Å². The smallest absolute Gasteiger partial charge is 0.242 e. The Hall–Kier alpha value is -4.89. The molecule has 4 aromatic rings. The minimum atomic E-state index is -0.549. The van der Waals surface area contributed by atoms with E-state index in [1.54, 1.807) is 28.4 Å². The zero-order valence-corrected chi connectivity index (χ0v) is 26.0. The van der Waals surface area contributed by atoms with Gasteiger partial charge in [-0.25, -0.2) is 0 Å². The third-order valence-electron chi connectivity index (χ3n) is 8.52. The van der Waals surface area contributed by atoms with Crippen LogP contribution in [0.15, 0.2) is 78.9 Å². The maximum Gasteiger partial charge on any atom is 0.242 e. The number of nitrogens with one attached hydrogen (secondary N) is 1. The molecule has 1 amide bonds. The molecule has 0 fully saturated rings. The molecule has 2 heterocycles. The van der Waals surface area contributed by atoms with Gasteiger partial charge >= 0.3 is 0 Å². The molecule has 234 valence electrons. The summed E-state index contributed by atoms with van der Waals surface area (Å²) in [5, 5.41) is 3.21. The first-order valence-corrected chi connectivity index (χ1v) is 15.0. The molecule has 2 atom stereocenters. The van der Waals surface area contributed by atoms with E-state index >= 15 is 0 Å². The molecule has 6 rings (SSSR count). The highest BCUT2D eigenvalue weighted by Gasteiger charge is 2.38. The van der Waals surface area contributed by atoms with Crippen molar-refractivity contribution in [1.82, 2.24) is 10.2 Å². The summed E-state index contributed by atoms with van der Waals surface area (Å²) in [7, 11) is 6.56. The van der Waals surface area contributed by atoms with E-state index < -0.39 is 6.04 Å². The predicted molar refractivity (Wildman–Crippen MR) is 170 cm³/mol. The van der Waals surface area contributed by atoms with Gasteiger partial charge in [0.25, 0.3) is 0 Å². The molecule has 0 saturated heterocycles. The van der Waals surface area contributed by atoms with Gasteiger partial charge in [-0.1, -0.05) is 42.5 Å². The lowest BCUT2D eigenvalue weighted by Crippen LogP contribution is -2.45. The molecule has 2 aliphatic rings. The molecule has 2 unspecified atom stereocenters. The van der Waals surface area contributed by atoms with Crippen molar-refractivity contribution in [2.24, 2.45) is 0 Å². The van der Waals surface area contributed by atoms with E-state index in [0.29, 0.717) is 54.0 Å². The van der Waals surface area contributed by atoms with E-state index in [9.17, 15) is 4.79 Å². The average Bonchev–Trinajstić information content (AvgIpc) is 3.56. The first-order chi connectivity index (χ1) is 22.0. The standard InChI is InChI=1S/C36H38N2O7/c1-40-29-12-10-23(17-31(29)41-2)16-28-27-20-33(43-4)32(42-3)19-26(27)14-15-38(28)35(25-8-6-5-7-9-25)36(39)37-21-24-11-13-30-34(18-24)45-22-44-30/h5-13,17-20,28,35H,14-16,21-22H2,1-4H3,(H,37,39). The summed E-state index contributed by atoms with van der Waals surface area (Å²) in [5.41, 5.74) is 5.17. The van der Waals surface area contributed by atoms with Gasteiger partial charge in [-0.05, 0) is 77.1 Å². The van der Waals surface area contributed by atoms with Crippen molar-refractivity contribution in [2.75, 3.05) is 41.8 Å². The van der Waals surface area contributed by atoms with Crippen LogP contribution in [0.4, 0.5) is 0 Å². The molecule has 0 aliphatic carbocycles. The van der Waals surface area contributed by atoms with Crippen molar-refractivity contribution < 1.29 is 33.2 Å². The molecule has 45 heavy (non-hydrogen) atoms. The van der Waals surface area contributed by atoms with Crippen LogP contribution >= 0.6 is 0 Å². The first kappa shape index (κ1) is 30.1. The predicted octanol–water partition coefficient (Wildman–Crippen LogP) is 5.65. The Morgan fingerprint density at radius 1 is 0.800 bits per heavy atom. The maximum atomic E-state index is 14.3. The lowest BCUT2D eigenvalue weighted by Gasteiger charge is -2.42. The summed E-state index contributed by atoms with van der Waals surface area (Å²) in [4.78, 5) is 16.6. The number of ether oxygens (including phenoxy) is 6. The van der Waals surface area contributed by atoms with Gasteiger partial charge in [0, 0.05) is 19.1 Å². The van der Waals surface area contributed by atoms with Crippen LogP contribution in [0.5, 0.6) is 34.5 Å². The van der Waals surface area contributed by atoms with Gasteiger partial charge in [-0.3, -0.25) is 9.69 Å². The summed E-state index contributed by atoms with van der Waals surface area (Å²) in [5.74, 6) is 3.98. The van der Waals surface area contributed by atoms with Gasteiger partial charge in [0.2, 0.25) is 12.7 Å². The largest absolute Gasteiger partial charge is 0.493 e. The highest BCUT2D eigenvalue weighted by molar-refractivity contribution is 5.83. The zero-order chi connectivity index (χ0) is 31.3. The van der Waals surface area contributed by atoms with Gasteiger partial charge in [0.05, 0.1) is 28.4 Å². The minimum absolute atomic E-state index is 0.0832. The second kappa shape index (κ2) is 13.4. The molecule has 9 heteroatoms. The van der Waals surface area contributed by atoms with Gasteiger partial charge in [-0.2, -0.15) is 0 Å². The van der Waals surface area contributed by atoms with Crippen molar-refractivity contribution in [2.45, 2.75) is 31.5 Å². The number of carbonyl (C=O) groups excluding carboxylic acids is 1. The van der Waals surface area contributed by atoms with Gasteiger partial charge in [-0.15, -0.1) is 0 Å². The number of hydrogen-bond donors (Lipinski definition) is 1. The second-order valence-corrected chi connectivity index (χ2v) is 11.0. The molecular weight excluding hydrogens is 572 g/mol. The lowest BCUT2D eigenvalue weighted by atomic mass is 9.86. The first-order valence-electron chi connectivity index (χ1n) is 15.0. The monoisotopic (exact) mass is 610 g/mol. The van der Waals surface area contributed by atoms with Crippen molar-refractivity contribution in [3.63, 3.8) is 0 Å². The topological polar surface area (TPSA) is 87.7 Å². The minimum Gasteiger partial charge on any atom is -0.493 e. The molecule has 0 saturated carbocycles. The van der Waals surface area contributed by atoms with E-state index in [1.165, 1.54) is 5.56 Å². The number of benzene rings is 4. The molecule has 1 N–H and O–H groups in total. The Morgan fingerprint density at radius 2 is 1.49 bits per heavy atom. The highest BCUT2D eigenvalue weighted by Crippen LogP contribution is 2.43. The fraction of sp³-hybridized carbons (Fsp3) is 0.306. The SMILES string of the molecule is COc1ccc(CC2c3cc(OC)c(OC)cc3CCN2C(C(=O)NCc2ccc3c(c2)OCO3)c2ccccc2)cc1OC. The Labute approximate surface area is 263 Å². The Kier molecular flexibility index (Phi) is 8.98.